The molecule has 0 saturated carbocycles. The van der Waals surface area contributed by atoms with E-state index in [1.54, 1.807) is 24.3 Å². The fraction of sp³-hybridized carbons (Fsp3) is 0.500. The number of benzene rings is 1. The summed E-state index contributed by atoms with van der Waals surface area (Å²) in [5.74, 6) is 0.171. The lowest BCUT2D eigenvalue weighted by molar-refractivity contribution is -0.123. The Labute approximate surface area is 126 Å². The van der Waals surface area contributed by atoms with Crippen molar-refractivity contribution in [3.05, 3.63) is 24.3 Å². The van der Waals surface area contributed by atoms with Gasteiger partial charge in [-0.25, -0.2) is 0 Å². The number of para-hydroxylation sites is 2. The van der Waals surface area contributed by atoms with E-state index in [9.17, 15) is 9.59 Å². The maximum absolute atomic E-state index is 11.7. The third kappa shape index (κ3) is 7.34. The highest BCUT2D eigenvalue weighted by Crippen LogP contribution is 2.23. The van der Waals surface area contributed by atoms with Gasteiger partial charge in [-0.05, 0) is 18.6 Å². The third-order valence-corrected chi connectivity index (χ3v) is 2.91. The summed E-state index contributed by atoms with van der Waals surface area (Å²) in [5, 5.41) is 5.49. The van der Waals surface area contributed by atoms with Crippen LogP contribution in [-0.4, -0.2) is 25.0 Å². The van der Waals surface area contributed by atoms with Crippen LogP contribution in [-0.2, 0) is 9.59 Å². The number of amides is 2. The Morgan fingerprint density at radius 1 is 1.14 bits per heavy atom. The summed E-state index contributed by atoms with van der Waals surface area (Å²) in [5.41, 5.74) is 0.570. The zero-order valence-corrected chi connectivity index (χ0v) is 12.8. The van der Waals surface area contributed by atoms with Crippen molar-refractivity contribution in [2.24, 2.45) is 0 Å². The second-order valence-corrected chi connectivity index (χ2v) is 4.88. The van der Waals surface area contributed by atoms with Crippen molar-refractivity contribution in [2.45, 2.75) is 39.5 Å². The van der Waals surface area contributed by atoms with E-state index in [0.717, 1.165) is 12.8 Å². The van der Waals surface area contributed by atoms with Crippen LogP contribution in [0.3, 0.4) is 0 Å². The molecule has 2 amide bonds. The molecule has 0 spiro atoms. The Bertz CT molecular complexity index is 461. The fourth-order valence-electron chi connectivity index (χ4n) is 1.86. The van der Waals surface area contributed by atoms with E-state index in [-0.39, 0.29) is 18.4 Å². The standard InChI is InChI=1S/C16H24N2O3/c1-3-4-5-8-11-17-16(20)12-21-15-10-7-6-9-14(15)18-13(2)19/h6-7,9-10H,3-5,8,11-12H2,1-2H3,(H,17,20)(H,18,19). The van der Waals surface area contributed by atoms with Crippen molar-refractivity contribution < 1.29 is 14.3 Å². The summed E-state index contributed by atoms with van der Waals surface area (Å²) in [4.78, 5) is 22.7. The van der Waals surface area contributed by atoms with Gasteiger partial charge in [-0.1, -0.05) is 38.3 Å². The molecule has 0 heterocycles. The average molecular weight is 292 g/mol. The van der Waals surface area contributed by atoms with Gasteiger partial charge in [0.1, 0.15) is 5.75 Å². The van der Waals surface area contributed by atoms with Crippen molar-refractivity contribution in [3.8, 4) is 5.75 Å². The van der Waals surface area contributed by atoms with Crippen LogP contribution in [0.5, 0.6) is 5.75 Å². The summed E-state index contributed by atoms with van der Waals surface area (Å²) in [6.07, 6.45) is 4.48. The number of carbonyl (C=O) groups excluding carboxylic acids is 2. The summed E-state index contributed by atoms with van der Waals surface area (Å²) >= 11 is 0. The molecule has 5 heteroatoms. The number of hydrogen-bond acceptors (Lipinski definition) is 3. The highest BCUT2D eigenvalue weighted by atomic mass is 16.5. The largest absolute Gasteiger partial charge is 0.482 e. The van der Waals surface area contributed by atoms with E-state index in [2.05, 4.69) is 17.6 Å². The molecule has 0 atom stereocenters. The Hall–Kier alpha value is -2.04. The molecule has 0 radical (unpaired) electrons. The van der Waals surface area contributed by atoms with Crippen LogP contribution >= 0.6 is 0 Å². The Kier molecular flexibility index (Phi) is 7.94. The minimum atomic E-state index is -0.175. The molecule has 0 unspecified atom stereocenters. The lowest BCUT2D eigenvalue weighted by atomic mass is 10.2. The molecular weight excluding hydrogens is 268 g/mol. The molecule has 0 aliphatic heterocycles. The molecule has 0 aliphatic carbocycles. The maximum Gasteiger partial charge on any atom is 0.257 e. The number of anilines is 1. The first-order valence-electron chi connectivity index (χ1n) is 7.39. The second kappa shape index (κ2) is 9.80. The topological polar surface area (TPSA) is 67.4 Å². The van der Waals surface area contributed by atoms with Crippen molar-refractivity contribution in [3.63, 3.8) is 0 Å². The minimum absolute atomic E-state index is 0.0512. The van der Waals surface area contributed by atoms with Gasteiger partial charge in [0.15, 0.2) is 6.61 Å². The van der Waals surface area contributed by atoms with Crippen molar-refractivity contribution in [1.82, 2.24) is 5.32 Å². The zero-order chi connectivity index (χ0) is 15.5. The van der Waals surface area contributed by atoms with Crippen LogP contribution in [0.4, 0.5) is 5.69 Å². The monoisotopic (exact) mass is 292 g/mol. The average Bonchev–Trinajstić information content (AvgIpc) is 2.45. The lowest BCUT2D eigenvalue weighted by Crippen LogP contribution is -2.29. The number of ether oxygens (including phenoxy) is 1. The van der Waals surface area contributed by atoms with Crippen LogP contribution in [0.15, 0.2) is 24.3 Å². The predicted molar refractivity (Wildman–Crippen MR) is 83.4 cm³/mol. The molecule has 0 saturated heterocycles. The molecule has 0 bridgehead atoms. The summed E-state index contributed by atoms with van der Waals surface area (Å²) in [6, 6.07) is 7.05. The second-order valence-electron chi connectivity index (χ2n) is 4.88. The zero-order valence-electron chi connectivity index (χ0n) is 12.8. The van der Waals surface area contributed by atoms with Gasteiger partial charge in [0.25, 0.3) is 5.91 Å². The molecular formula is C16H24N2O3. The number of carbonyl (C=O) groups is 2. The first-order valence-corrected chi connectivity index (χ1v) is 7.39. The van der Waals surface area contributed by atoms with Gasteiger partial charge in [0.05, 0.1) is 5.69 Å². The molecule has 0 fully saturated rings. The molecule has 0 aliphatic rings. The molecule has 21 heavy (non-hydrogen) atoms. The van der Waals surface area contributed by atoms with E-state index < -0.39 is 0 Å². The van der Waals surface area contributed by atoms with Gasteiger partial charge in [0, 0.05) is 13.5 Å². The third-order valence-electron chi connectivity index (χ3n) is 2.91. The van der Waals surface area contributed by atoms with E-state index in [1.807, 2.05) is 0 Å². The summed E-state index contributed by atoms with van der Waals surface area (Å²) < 4.78 is 5.45. The van der Waals surface area contributed by atoms with Gasteiger partial charge in [-0.2, -0.15) is 0 Å². The van der Waals surface area contributed by atoms with Gasteiger partial charge >= 0.3 is 0 Å². The van der Waals surface area contributed by atoms with E-state index >= 15 is 0 Å². The van der Waals surface area contributed by atoms with Gasteiger partial charge in [-0.3, -0.25) is 9.59 Å². The first kappa shape index (κ1) is 17.0. The predicted octanol–water partition coefficient (Wildman–Crippen LogP) is 2.72. The molecule has 0 aromatic heterocycles. The van der Waals surface area contributed by atoms with Crippen LogP contribution in [0, 0.1) is 0 Å². The molecule has 5 nitrogen and oxygen atoms in total. The smallest absolute Gasteiger partial charge is 0.257 e. The lowest BCUT2D eigenvalue weighted by Gasteiger charge is -2.11. The SMILES string of the molecule is CCCCCCNC(=O)COc1ccccc1NC(C)=O. The molecule has 116 valence electrons. The van der Waals surface area contributed by atoms with Crippen LogP contribution in [0.2, 0.25) is 0 Å². The molecule has 1 aromatic carbocycles. The Morgan fingerprint density at radius 3 is 2.62 bits per heavy atom. The number of nitrogens with one attached hydrogen (secondary N) is 2. The van der Waals surface area contributed by atoms with E-state index in [4.69, 9.17) is 4.74 Å². The van der Waals surface area contributed by atoms with Crippen molar-refractivity contribution in [2.75, 3.05) is 18.5 Å². The summed E-state index contributed by atoms with van der Waals surface area (Å²) in [6.45, 7) is 4.21. The molecule has 1 aromatic rings. The maximum atomic E-state index is 11.7. The fourth-order valence-corrected chi connectivity index (χ4v) is 1.86. The van der Waals surface area contributed by atoms with Gasteiger partial charge < -0.3 is 15.4 Å². The molecule has 2 N–H and O–H groups in total. The van der Waals surface area contributed by atoms with Gasteiger partial charge in [0.2, 0.25) is 5.91 Å². The van der Waals surface area contributed by atoms with Crippen molar-refractivity contribution >= 4 is 17.5 Å². The molecule has 1 rings (SSSR count). The Balaban J connectivity index is 2.34. The first-order chi connectivity index (χ1) is 10.1. The van der Waals surface area contributed by atoms with Gasteiger partial charge in [-0.15, -0.1) is 0 Å². The normalized spacial score (nSPS) is 10.0. The number of hydrogen-bond donors (Lipinski definition) is 2. The summed E-state index contributed by atoms with van der Waals surface area (Å²) in [7, 11) is 0. The number of unbranched alkanes of at least 4 members (excludes halogenated alkanes) is 3. The van der Waals surface area contributed by atoms with E-state index in [0.29, 0.717) is 18.0 Å². The quantitative estimate of drug-likeness (QED) is 0.688. The van der Waals surface area contributed by atoms with Crippen LogP contribution in [0.25, 0.3) is 0 Å². The van der Waals surface area contributed by atoms with Crippen molar-refractivity contribution in [1.29, 1.82) is 0 Å². The minimum Gasteiger partial charge on any atom is -0.482 e. The van der Waals surface area contributed by atoms with Crippen LogP contribution < -0.4 is 15.4 Å². The number of rotatable bonds is 9. The highest BCUT2D eigenvalue weighted by Gasteiger charge is 2.07. The highest BCUT2D eigenvalue weighted by molar-refractivity contribution is 5.90. The van der Waals surface area contributed by atoms with Crippen LogP contribution in [0.1, 0.15) is 39.5 Å². The Morgan fingerprint density at radius 2 is 1.90 bits per heavy atom. The van der Waals surface area contributed by atoms with E-state index in [1.165, 1.54) is 19.8 Å².